The zero-order chi connectivity index (χ0) is 13.0. The van der Waals surface area contributed by atoms with Crippen LogP contribution in [0.25, 0.3) is 0 Å². The van der Waals surface area contributed by atoms with Crippen LogP contribution in [0.5, 0.6) is 0 Å². The van der Waals surface area contributed by atoms with Gasteiger partial charge in [0.25, 0.3) is 5.92 Å². The van der Waals surface area contributed by atoms with E-state index in [1.54, 1.807) is 29.5 Å². The summed E-state index contributed by atoms with van der Waals surface area (Å²) in [4.78, 5) is 0. The fourth-order valence-corrected chi connectivity index (χ4v) is 2.46. The number of nitrogens with one attached hydrogen (secondary N) is 1. The van der Waals surface area contributed by atoms with E-state index in [4.69, 9.17) is 0 Å². The topological polar surface area (TPSA) is 12.0 Å². The molecule has 0 saturated carbocycles. The lowest BCUT2D eigenvalue weighted by Crippen LogP contribution is -2.32. The third-order valence-corrected chi connectivity index (χ3v) is 3.57. The highest BCUT2D eigenvalue weighted by atomic mass is 32.1. The van der Waals surface area contributed by atoms with Crippen molar-refractivity contribution in [2.75, 3.05) is 6.54 Å². The van der Waals surface area contributed by atoms with Gasteiger partial charge in [0, 0.05) is 11.6 Å². The minimum atomic E-state index is -2.84. The van der Waals surface area contributed by atoms with E-state index in [-0.39, 0.29) is 18.2 Å². The summed E-state index contributed by atoms with van der Waals surface area (Å²) >= 11 is 1.57. The van der Waals surface area contributed by atoms with E-state index in [0.29, 0.717) is 0 Å². The number of benzene rings is 1. The van der Waals surface area contributed by atoms with Crippen LogP contribution >= 0.6 is 11.3 Å². The minimum Gasteiger partial charge on any atom is -0.304 e. The van der Waals surface area contributed by atoms with Crippen molar-refractivity contribution in [1.29, 1.82) is 0 Å². The van der Waals surface area contributed by atoms with E-state index < -0.39 is 5.92 Å². The number of rotatable bonds is 5. The third kappa shape index (κ3) is 3.15. The number of alkyl halides is 2. The van der Waals surface area contributed by atoms with Gasteiger partial charge in [-0.3, -0.25) is 0 Å². The van der Waals surface area contributed by atoms with Crippen LogP contribution in [0.4, 0.5) is 8.78 Å². The van der Waals surface area contributed by atoms with Gasteiger partial charge in [0.15, 0.2) is 0 Å². The largest absolute Gasteiger partial charge is 0.304 e. The quantitative estimate of drug-likeness (QED) is 0.856. The summed E-state index contributed by atoms with van der Waals surface area (Å²) in [6.07, 6.45) is 0. The van der Waals surface area contributed by atoms with Gasteiger partial charge in [-0.05, 0) is 29.3 Å². The van der Waals surface area contributed by atoms with E-state index in [2.05, 4.69) is 5.32 Å². The predicted molar refractivity (Wildman–Crippen MR) is 71.1 cm³/mol. The molecule has 18 heavy (non-hydrogen) atoms. The number of hydrogen-bond donors (Lipinski definition) is 1. The molecule has 0 bridgehead atoms. The van der Waals surface area contributed by atoms with Crippen LogP contribution in [0.2, 0.25) is 0 Å². The first-order chi connectivity index (χ1) is 8.59. The summed E-state index contributed by atoms with van der Waals surface area (Å²) in [6, 6.07) is 9.79. The Morgan fingerprint density at radius 3 is 2.56 bits per heavy atom. The van der Waals surface area contributed by atoms with E-state index in [9.17, 15) is 8.78 Å². The Morgan fingerprint density at radius 1 is 1.22 bits per heavy atom. The molecule has 0 aliphatic rings. The fraction of sp³-hybridized carbons (Fsp3) is 0.286. The molecule has 0 amide bonds. The molecule has 0 aliphatic heterocycles. The van der Waals surface area contributed by atoms with E-state index >= 15 is 0 Å². The molecule has 1 aromatic carbocycles. The molecule has 0 radical (unpaired) electrons. The Bertz CT molecular complexity index is 468. The first kappa shape index (κ1) is 13.2. The zero-order valence-electron chi connectivity index (χ0n) is 10.1. The number of halogens is 2. The van der Waals surface area contributed by atoms with E-state index in [1.165, 1.54) is 12.1 Å². The van der Waals surface area contributed by atoms with Crippen molar-refractivity contribution in [3.63, 3.8) is 0 Å². The Hall–Kier alpha value is -1.26. The molecule has 1 N–H and O–H groups in total. The molecule has 2 rings (SSSR count). The normalized spacial score (nSPS) is 13.5. The van der Waals surface area contributed by atoms with Crippen molar-refractivity contribution in [2.45, 2.75) is 18.9 Å². The Balaban J connectivity index is 1.97. The van der Waals surface area contributed by atoms with Crippen molar-refractivity contribution in [2.24, 2.45) is 0 Å². The molecule has 4 heteroatoms. The molecule has 0 fully saturated rings. The predicted octanol–water partition coefficient (Wildman–Crippen LogP) is 4.19. The lowest BCUT2D eigenvalue weighted by molar-refractivity contribution is -0.00533. The molecule has 96 valence electrons. The maximum absolute atomic E-state index is 13.9. The van der Waals surface area contributed by atoms with Crippen molar-refractivity contribution in [3.8, 4) is 0 Å². The lowest BCUT2D eigenvalue weighted by atomic mass is 10.1. The second kappa shape index (κ2) is 5.59. The molecular weight excluding hydrogens is 252 g/mol. The second-order valence-corrected chi connectivity index (χ2v) is 5.01. The van der Waals surface area contributed by atoms with Crippen molar-refractivity contribution >= 4 is 11.3 Å². The number of thiophene rings is 1. The summed E-state index contributed by atoms with van der Waals surface area (Å²) in [5, 5.41) is 6.80. The maximum Gasteiger partial charge on any atom is 0.285 e. The van der Waals surface area contributed by atoms with Gasteiger partial charge in [-0.1, -0.05) is 30.3 Å². The monoisotopic (exact) mass is 267 g/mol. The maximum atomic E-state index is 13.9. The van der Waals surface area contributed by atoms with E-state index in [1.807, 2.05) is 23.8 Å². The molecule has 1 nitrogen and oxygen atoms in total. The Kier molecular flexibility index (Phi) is 4.09. The van der Waals surface area contributed by atoms with Crippen molar-refractivity contribution in [1.82, 2.24) is 5.32 Å². The molecule has 0 saturated heterocycles. The summed E-state index contributed by atoms with van der Waals surface area (Å²) in [5.41, 5.74) is 1.10. The molecule has 2 aromatic rings. The molecule has 1 aromatic heterocycles. The summed E-state index contributed by atoms with van der Waals surface area (Å²) in [7, 11) is 0. The van der Waals surface area contributed by atoms with Crippen molar-refractivity contribution < 1.29 is 8.78 Å². The van der Waals surface area contributed by atoms with E-state index in [0.717, 1.165) is 5.56 Å². The minimum absolute atomic E-state index is 0.0509. The molecular formula is C14H15F2NS. The highest BCUT2D eigenvalue weighted by Gasteiger charge is 2.31. The van der Waals surface area contributed by atoms with Gasteiger partial charge in [-0.2, -0.15) is 20.1 Å². The summed E-state index contributed by atoms with van der Waals surface area (Å²) in [6.45, 7) is 1.54. The first-order valence-electron chi connectivity index (χ1n) is 5.78. The molecule has 1 atom stereocenters. The third-order valence-electron chi connectivity index (χ3n) is 2.87. The second-order valence-electron chi connectivity index (χ2n) is 4.23. The average molecular weight is 267 g/mol. The van der Waals surface area contributed by atoms with Crippen LogP contribution in [0.1, 0.15) is 24.1 Å². The molecule has 0 spiro atoms. The lowest BCUT2D eigenvalue weighted by Gasteiger charge is -2.20. The van der Waals surface area contributed by atoms with Gasteiger partial charge in [0.05, 0.1) is 6.54 Å². The van der Waals surface area contributed by atoms with Gasteiger partial charge in [-0.15, -0.1) is 0 Å². The Morgan fingerprint density at radius 2 is 1.94 bits per heavy atom. The summed E-state index contributed by atoms with van der Waals surface area (Å²) < 4.78 is 27.8. The van der Waals surface area contributed by atoms with Crippen LogP contribution in [-0.4, -0.2) is 6.54 Å². The summed E-state index contributed by atoms with van der Waals surface area (Å²) in [5.74, 6) is -2.84. The van der Waals surface area contributed by atoms with Crippen LogP contribution in [0.15, 0.2) is 47.2 Å². The van der Waals surface area contributed by atoms with Crippen LogP contribution in [0, 0.1) is 0 Å². The van der Waals surface area contributed by atoms with Gasteiger partial charge in [0.1, 0.15) is 0 Å². The van der Waals surface area contributed by atoms with Crippen LogP contribution in [-0.2, 0) is 5.92 Å². The Labute approximate surface area is 109 Å². The standard InChI is InChI=1S/C14H15F2NS/c1-11(12-7-8-18-9-12)17-10-14(15,16)13-5-3-2-4-6-13/h2-9,11,17H,10H2,1H3. The number of hydrogen-bond acceptors (Lipinski definition) is 2. The first-order valence-corrected chi connectivity index (χ1v) is 6.73. The fourth-order valence-electron chi connectivity index (χ4n) is 1.70. The average Bonchev–Trinajstić information content (AvgIpc) is 2.91. The highest BCUT2D eigenvalue weighted by molar-refractivity contribution is 7.07. The molecule has 1 heterocycles. The smallest absolute Gasteiger partial charge is 0.285 e. The van der Waals surface area contributed by atoms with Crippen LogP contribution < -0.4 is 5.32 Å². The molecule has 0 aliphatic carbocycles. The highest BCUT2D eigenvalue weighted by Crippen LogP contribution is 2.27. The van der Waals surface area contributed by atoms with Crippen LogP contribution in [0.3, 0.4) is 0 Å². The van der Waals surface area contributed by atoms with Gasteiger partial charge < -0.3 is 5.32 Å². The van der Waals surface area contributed by atoms with Gasteiger partial charge in [0.2, 0.25) is 0 Å². The zero-order valence-corrected chi connectivity index (χ0v) is 10.9. The SMILES string of the molecule is CC(NCC(F)(F)c1ccccc1)c1ccsc1. The molecule has 1 unspecified atom stereocenters. The van der Waals surface area contributed by atoms with Crippen molar-refractivity contribution in [3.05, 3.63) is 58.3 Å². The van der Waals surface area contributed by atoms with Gasteiger partial charge >= 0.3 is 0 Å². The van der Waals surface area contributed by atoms with Gasteiger partial charge in [-0.25, -0.2) is 0 Å².